The van der Waals surface area contributed by atoms with Gasteiger partial charge in [-0.2, -0.15) is 0 Å². The summed E-state index contributed by atoms with van der Waals surface area (Å²) in [5.41, 5.74) is 0. The first kappa shape index (κ1) is 15.3. The molecule has 112 valence electrons. The Bertz CT molecular complexity index is 270. The molecule has 1 aliphatic heterocycles. The summed E-state index contributed by atoms with van der Waals surface area (Å²) in [6.45, 7) is 8.10. The number of nitrogens with zero attached hydrogens (tertiary/aromatic N) is 2. The van der Waals surface area contributed by atoms with E-state index in [1.165, 1.54) is 25.8 Å². The first-order valence-corrected chi connectivity index (χ1v) is 8.04. The standard InChI is InChI=1S/C16H32N2O/c1-12-8-13(2)15(16(19)9-12)11-18-7-5-6-14(18)10-17(3)4/h12-16,19H,5-11H2,1-4H3. The molecule has 0 bridgehead atoms. The molecule has 1 saturated heterocycles. The highest BCUT2D eigenvalue weighted by atomic mass is 16.3. The van der Waals surface area contributed by atoms with Crippen LogP contribution in [0.25, 0.3) is 0 Å². The number of rotatable bonds is 4. The Hall–Kier alpha value is -0.120. The Morgan fingerprint density at radius 2 is 1.95 bits per heavy atom. The molecule has 2 rings (SSSR count). The molecule has 1 saturated carbocycles. The smallest absolute Gasteiger partial charge is 0.0585 e. The Morgan fingerprint density at radius 3 is 2.58 bits per heavy atom. The van der Waals surface area contributed by atoms with Crippen molar-refractivity contribution in [2.45, 2.75) is 51.7 Å². The van der Waals surface area contributed by atoms with Crippen LogP contribution < -0.4 is 0 Å². The highest BCUT2D eigenvalue weighted by Crippen LogP contribution is 2.35. The molecule has 1 aliphatic carbocycles. The number of likely N-dealkylation sites (tertiary alicyclic amines) is 1. The van der Waals surface area contributed by atoms with Gasteiger partial charge in [-0.25, -0.2) is 0 Å². The third-order valence-corrected chi connectivity index (χ3v) is 5.16. The Morgan fingerprint density at radius 1 is 1.21 bits per heavy atom. The highest BCUT2D eigenvalue weighted by Gasteiger charge is 2.36. The Kier molecular flexibility index (Phi) is 5.27. The first-order valence-electron chi connectivity index (χ1n) is 8.04. The molecule has 2 aliphatic rings. The second-order valence-corrected chi connectivity index (χ2v) is 7.34. The molecule has 3 nitrogen and oxygen atoms in total. The minimum atomic E-state index is -0.0839. The lowest BCUT2D eigenvalue weighted by molar-refractivity contribution is -0.00514. The SMILES string of the molecule is CC1CC(C)C(CN2CCCC2CN(C)C)C(O)C1. The molecule has 19 heavy (non-hydrogen) atoms. The van der Waals surface area contributed by atoms with Gasteiger partial charge in [-0.05, 0) is 58.2 Å². The molecule has 0 aromatic carbocycles. The van der Waals surface area contributed by atoms with E-state index in [0.717, 1.165) is 19.5 Å². The fourth-order valence-electron chi connectivity index (χ4n) is 4.21. The molecule has 5 unspecified atom stereocenters. The minimum Gasteiger partial charge on any atom is -0.393 e. The number of aliphatic hydroxyl groups is 1. The predicted octanol–water partition coefficient (Wildman–Crippen LogP) is 2.06. The maximum atomic E-state index is 10.4. The third-order valence-electron chi connectivity index (χ3n) is 5.16. The minimum absolute atomic E-state index is 0.0839. The molecule has 2 fully saturated rings. The van der Waals surface area contributed by atoms with Crippen LogP contribution in [-0.4, -0.2) is 60.8 Å². The number of hydrogen-bond donors (Lipinski definition) is 1. The predicted molar refractivity (Wildman–Crippen MR) is 80.2 cm³/mol. The topological polar surface area (TPSA) is 26.7 Å². The lowest BCUT2D eigenvalue weighted by Gasteiger charge is -2.40. The van der Waals surface area contributed by atoms with Crippen molar-refractivity contribution in [3.05, 3.63) is 0 Å². The van der Waals surface area contributed by atoms with Gasteiger partial charge < -0.3 is 10.0 Å². The summed E-state index contributed by atoms with van der Waals surface area (Å²) in [7, 11) is 4.33. The van der Waals surface area contributed by atoms with Gasteiger partial charge in [0.05, 0.1) is 6.10 Å². The number of aliphatic hydroxyl groups excluding tert-OH is 1. The lowest BCUT2D eigenvalue weighted by Crippen LogP contribution is -2.46. The van der Waals surface area contributed by atoms with Crippen LogP contribution in [0, 0.1) is 17.8 Å². The largest absolute Gasteiger partial charge is 0.393 e. The van der Waals surface area contributed by atoms with Crippen molar-refractivity contribution in [3.63, 3.8) is 0 Å². The quantitative estimate of drug-likeness (QED) is 0.845. The molecular weight excluding hydrogens is 236 g/mol. The molecular formula is C16H32N2O. The second kappa shape index (κ2) is 6.55. The summed E-state index contributed by atoms with van der Waals surface area (Å²) in [5, 5.41) is 10.4. The van der Waals surface area contributed by atoms with Crippen molar-refractivity contribution >= 4 is 0 Å². The molecule has 5 atom stereocenters. The van der Waals surface area contributed by atoms with E-state index in [9.17, 15) is 5.11 Å². The summed E-state index contributed by atoms with van der Waals surface area (Å²) in [6, 6.07) is 0.703. The van der Waals surface area contributed by atoms with E-state index in [0.29, 0.717) is 23.8 Å². The van der Waals surface area contributed by atoms with Crippen LogP contribution >= 0.6 is 0 Å². The van der Waals surface area contributed by atoms with Gasteiger partial charge in [-0.15, -0.1) is 0 Å². The van der Waals surface area contributed by atoms with Gasteiger partial charge in [0, 0.05) is 25.0 Å². The molecule has 0 amide bonds. The van der Waals surface area contributed by atoms with E-state index in [4.69, 9.17) is 0 Å². The van der Waals surface area contributed by atoms with E-state index in [-0.39, 0.29) is 6.10 Å². The summed E-state index contributed by atoms with van der Waals surface area (Å²) in [4.78, 5) is 4.94. The van der Waals surface area contributed by atoms with Gasteiger partial charge in [0.15, 0.2) is 0 Å². The van der Waals surface area contributed by atoms with Gasteiger partial charge in [0.1, 0.15) is 0 Å². The van der Waals surface area contributed by atoms with Crippen LogP contribution in [-0.2, 0) is 0 Å². The molecule has 3 heteroatoms. The van der Waals surface area contributed by atoms with Crippen LogP contribution in [0.15, 0.2) is 0 Å². The third kappa shape index (κ3) is 3.93. The van der Waals surface area contributed by atoms with E-state index >= 15 is 0 Å². The van der Waals surface area contributed by atoms with Gasteiger partial charge in [-0.3, -0.25) is 4.90 Å². The average molecular weight is 268 g/mol. The maximum Gasteiger partial charge on any atom is 0.0585 e. The Labute approximate surface area is 119 Å². The fourth-order valence-corrected chi connectivity index (χ4v) is 4.21. The summed E-state index contributed by atoms with van der Waals surface area (Å²) in [5.74, 6) is 1.84. The molecule has 0 spiro atoms. The lowest BCUT2D eigenvalue weighted by atomic mass is 9.73. The maximum absolute atomic E-state index is 10.4. The highest BCUT2D eigenvalue weighted by molar-refractivity contribution is 4.89. The van der Waals surface area contributed by atoms with Crippen LogP contribution in [0.3, 0.4) is 0 Å². The Balaban J connectivity index is 1.92. The molecule has 0 radical (unpaired) electrons. The second-order valence-electron chi connectivity index (χ2n) is 7.34. The molecule has 1 heterocycles. The van der Waals surface area contributed by atoms with Crippen LogP contribution in [0.2, 0.25) is 0 Å². The van der Waals surface area contributed by atoms with Crippen LogP contribution in [0.5, 0.6) is 0 Å². The summed E-state index contributed by atoms with van der Waals surface area (Å²) >= 11 is 0. The number of likely N-dealkylation sites (N-methyl/N-ethyl adjacent to an activating group) is 1. The van der Waals surface area contributed by atoms with Crippen molar-refractivity contribution in [1.82, 2.24) is 9.80 Å². The van der Waals surface area contributed by atoms with Gasteiger partial charge in [0.2, 0.25) is 0 Å². The molecule has 0 aromatic heterocycles. The molecule has 1 N–H and O–H groups in total. The monoisotopic (exact) mass is 268 g/mol. The van der Waals surface area contributed by atoms with Gasteiger partial charge in [-0.1, -0.05) is 13.8 Å². The first-order chi connectivity index (χ1) is 8.97. The van der Waals surface area contributed by atoms with Crippen LogP contribution in [0.4, 0.5) is 0 Å². The van der Waals surface area contributed by atoms with E-state index < -0.39 is 0 Å². The van der Waals surface area contributed by atoms with Crippen molar-refractivity contribution in [3.8, 4) is 0 Å². The van der Waals surface area contributed by atoms with Crippen molar-refractivity contribution in [2.24, 2.45) is 17.8 Å². The normalized spacial score (nSPS) is 41.1. The summed E-state index contributed by atoms with van der Waals surface area (Å²) in [6.07, 6.45) is 4.85. The van der Waals surface area contributed by atoms with Crippen LogP contribution in [0.1, 0.15) is 39.5 Å². The van der Waals surface area contributed by atoms with Crippen molar-refractivity contribution in [2.75, 3.05) is 33.7 Å². The van der Waals surface area contributed by atoms with Crippen molar-refractivity contribution in [1.29, 1.82) is 0 Å². The van der Waals surface area contributed by atoms with E-state index in [1.807, 2.05) is 0 Å². The number of hydrogen-bond acceptors (Lipinski definition) is 3. The summed E-state index contributed by atoms with van der Waals surface area (Å²) < 4.78 is 0. The van der Waals surface area contributed by atoms with E-state index in [1.54, 1.807) is 0 Å². The van der Waals surface area contributed by atoms with E-state index in [2.05, 4.69) is 37.7 Å². The zero-order chi connectivity index (χ0) is 14.0. The van der Waals surface area contributed by atoms with Gasteiger partial charge >= 0.3 is 0 Å². The average Bonchev–Trinajstić information content (AvgIpc) is 2.70. The van der Waals surface area contributed by atoms with Crippen molar-refractivity contribution < 1.29 is 5.11 Å². The zero-order valence-electron chi connectivity index (χ0n) is 13.2. The molecule has 0 aromatic rings. The fraction of sp³-hybridized carbons (Fsp3) is 1.00. The van der Waals surface area contributed by atoms with Gasteiger partial charge in [0.25, 0.3) is 0 Å². The zero-order valence-corrected chi connectivity index (χ0v) is 13.2.